The van der Waals surface area contributed by atoms with Gasteiger partial charge in [-0.1, -0.05) is 30.3 Å². The van der Waals surface area contributed by atoms with Gasteiger partial charge >= 0.3 is 5.97 Å². The molecule has 26 heavy (non-hydrogen) atoms. The Morgan fingerprint density at radius 3 is 2.12 bits per heavy atom. The fraction of sp³-hybridized carbons (Fsp3) is 0.316. The van der Waals surface area contributed by atoms with E-state index in [-0.39, 0.29) is 6.42 Å². The van der Waals surface area contributed by atoms with E-state index in [1.807, 2.05) is 24.3 Å². The summed E-state index contributed by atoms with van der Waals surface area (Å²) in [6, 6.07) is 16.3. The van der Waals surface area contributed by atoms with Crippen LogP contribution < -0.4 is 4.90 Å². The number of anilines is 1. The Kier molecular flexibility index (Phi) is 5.58. The summed E-state index contributed by atoms with van der Waals surface area (Å²) >= 11 is 0. The largest absolute Gasteiger partial charge is 0.481 e. The van der Waals surface area contributed by atoms with Gasteiger partial charge in [0.05, 0.1) is 4.90 Å². The lowest BCUT2D eigenvalue weighted by Gasteiger charge is -2.35. The number of hydrogen-bond acceptors (Lipinski definition) is 4. The first-order chi connectivity index (χ1) is 12.5. The minimum Gasteiger partial charge on any atom is -0.481 e. The molecular formula is C19H22N2O4S. The molecule has 1 N–H and O–H groups in total. The number of carbonyl (C=O) groups is 1. The Morgan fingerprint density at radius 1 is 0.923 bits per heavy atom. The molecule has 1 aliphatic rings. The van der Waals surface area contributed by atoms with Crippen LogP contribution in [0.2, 0.25) is 0 Å². The number of piperazine rings is 1. The topological polar surface area (TPSA) is 77.9 Å². The molecule has 0 aromatic heterocycles. The van der Waals surface area contributed by atoms with Crippen molar-refractivity contribution >= 4 is 21.7 Å². The Hall–Kier alpha value is -2.38. The average Bonchev–Trinajstić information content (AvgIpc) is 2.67. The van der Waals surface area contributed by atoms with Crippen molar-refractivity contribution in [2.24, 2.45) is 0 Å². The number of carboxylic acids is 1. The Morgan fingerprint density at radius 2 is 1.54 bits per heavy atom. The zero-order valence-corrected chi connectivity index (χ0v) is 15.2. The van der Waals surface area contributed by atoms with Crippen LogP contribution in [0.3, 0.4) is 0 Å². The van der Waals surface area contributed by atoms with E-state index in [4.69, 9.17) is 5.11 Å². The highest BCUT2D eigenvalue weighted by Crippen LogP contribution is 2.21. The van der Waals surface area contributed by atoms with Crippen LogP contribution in [0.1, 0.15) is 12.0 Å². The number of sulfonamides is 1. The smallest absolute Gasteiger partial charge is 0.303 e. The molecule has 7 heteroatoms. The van der Waals surface area contributed by atoms with Gasteiger partial charge in [-0.25, -0.2) is 8.42 Å². The Labute approximate surface area is 153 Å². The third kappa shape index (κ3) is 4.23. The second kappa shape index (κ2) is 7.88. The van der Waals surface area contributed by atoms with Crippen LogP contribution in [0.5, 0.6) is 0 Å². The number of aliphatic carboxylic acids is 1. The van der Waals surface area contributed by atoms with Crippen molar-refractivity contribution in [3.63, 3.8) is 0 Å². The van der Waals surface area contributed by atoms with Gasteiger partial charge in [-0.05, 0) is 36.2 Å². The van der Waals surface area contributed by atoms with E-state index in [0.717, 1.165) is 11.3 Å². The molecule has 1 saturated heterocycles. The molecule has 1 fully saturated rings. The molecule has 2 aromatic rings. The fourth-order valence-corrected chi connectivity index (χ4v) is 4.50. The highest BCUT2D eigenvalue weighted by molar-refractivity contribution is 7.89. The van der Waals surface area contributed by atoms with Gasteiger partial charge in [-0.2, -0.15) is 4.31 Å². The molecule has 0 bridgehead atoms. The van der Waals surface area contributed by atoms with Gasteiger partial charge in [-0.15, -0.1) is 0 Å². The monoisotopic (exact) mass is 374 g/mol. The van der Waals surface area contributed by atoms with Crippen LogP contribution in [-0.4, -0.2) is 50.0 Å². The molecule has 3 rings (SSSR count). The van der Waals surface area contributed by atoms with E-state index in [0.29, 0.717) is 37.5 Å². The van der Waals surface area contributed by atoms with Gasteiger partial charge < -0.3 is 10.0 Å². The van der Waals surface area contributed by atoms with Crippen LogP contribution in [0, 0.1) is 0 Å². The predicted molar refractivity (Wildman–Crippen MR) is 99.8 cm³/mol. The van der Waals surface area contributed by atoms with Crippen LogP contribution >= 0.6 is 0 Å². The lowest BCUT2D eigenvalue weighted by Crippen LogP contribution is -2.48. The minimum atomic E-state index is -3.44. The number of hydrogen-bond donors (Lipinski definition) is 1. The van der Waals surface area contributed by atoms with Crippen molar-refractivity contribution in [3.8, 4) is 0 Å². The van der Waals surface area contributed by atoms with Crippen molar-refractivity contribution in [1.82, 2.24) is 4.31 Å². The molecule has 2 aromatic carbocycles. The number of carboxylic acid groups (broad SMARTS) is 1. The Bertz CT molecular complexity index is 843. The van der Waals surface area contributed by atoms with E-state index < -0.39 is 16.0 Å². The van der Waals surface area contributed by atoms with Gasteiger partial charge in [0, 0.05) is 38.3 Å². The first-order valence-corrected chi connectivity index (χ1v) is 10.0. The van der Waals surface area contributed by atoms with Crippen LogP contribution in [0.4, 0.5) is 5.69 Å². The molecule has 0 atom stereocenters. The second-order valence-electron chi connectivity index (χ2n) is 6.26. The van der Waals surface area contributed by atoms with Gasteiger partial charge in [0.15, 0.2) is 0 Å². The standard InChI is InChI=1S/C19H22N2O4S/c22-19(23)11-8-16-6-9-17(10-7-16)20-12-14-21(15-13-20)26(24,25)18-4-2-1-3-5-18/h1-7,9-10H,8,11-15H2,(H,22,23). The van der Waals surface area contributed by atoms with Gasteiger partial charge in [0.2, 0.25) is 10.0 Å². The van der Waals surface area contributed by atoms with E-state index >= 15 is 0 Å². The van der Waals surface area contributed by atoms with Crippen LogP contribution in [0.15, 0.2) is 59.5 Å². The number of rotatable bonds is 6. The molecule has 1 aliphatic heterocycles. The summed E-state index contributed by atoms with van der Waals surface area (Å²) in [6.45, 7) is 2.14. The molecule has 0 unspecified atom stereocenters. The van der Waals surface area contributed by atoms with Crippen molar-refractivity contribution in [2.45, 2.75) is 17.7 Å². The zero-order valence-electron chi connectivity index (χ0n) is 14.4. The van der Waals surface area contributed by atoms with E-state index in [1.54, 1.807) is 30.3 Å². The summed E-state index contributed by atoms with van der Waals surface area (Å²) in [4.78, 5) is 13.1. The number of nitrogens with zero attached hydrogens (tertiary/aromatic N) is 2. The van der Waals surface area contributed by atoms with Crippen LogP contribution in [-0.2, 0) is 21.2 Å². The maximum atomic E-state index is 12.7. The maximum Gasteiger partial charge on any atom is 0.303 e. The van der Waals surface area contributed by atoms with Crippen molar-refractivity contribution in [1.29, 1.82) is 0 Å². The zero-order chi connectivity index (χ0) is 18.6. The molecule has 0 amide bonds. The molecule has 6 nitrogen and oxygen atoms in total. The fourth-order valence-electron chi connectivity index (χ4n) is 3.05. The van der Waals surface area contributed by atoms with Crippen molar-refractivity contribution < 1.29 is 18.3 Å². The summed E-state index contributed by atoms with van der Waals surface area (Å²) in [5.74, 6) is -0.801. The summed E-state index contributed by atoms with van der Waals surface area (Å²) in [6.07, 6.45) is 0.633. The minimum absolute atomic E-state index is 0.120. The molecule has 0 spiro atoms. The molecule has 1 heterocycles. The number of benzene rings is 2. The summed E-state index contributed by atoms with van der Waals surface area (Å²) in [5.41, 5.74) is 2.02. The third-order valence-electron chi connectivity index (χ3n) is 4.55. The van der Waals surface area contributed by atoms with Crippen LogP contribution in [0.25, 0.3) is 0 Å². The SMILES string of the molecule is O=C(O)CCc1ccc(N2CCN(S(=O)(=O)c3ccccc3)CC2)cc1. The normalized spacial score (nSPS) is 15.8. The van der Waals surface area contributed by atoms with E-state index in [2.05, 4.69) is 4.90 Å². The van der Waals surface area contributed by atoms with E-state index in [9.17, 15) is 13.2 Å². The van der Waals surface area contributed by atoms with Gasteiger partial charge in [0.25, 0.3) is 0 Å². The molecule has 0 aliphatic carbocycles. The quantitative estimate of drug-likeness (QED) is 0.839. The summed E-state index contributed by atoms with van der Waals surface area (Å²) in [7, 11) is -3.44. The van der Waals surface area contributed by atoms with Crippen molar-refractivity contribution in [3.05, 3.63) is 60.2 Å². The lowest BCUT2D eigenvalue weighted by molar-refractivity contribution is -0.136. The van der Waals surface area contributed by atoms with E-state index in [1.165, 1.54) is 4.31 Å². The molecular weight excluding hydrogens is 352 g/mol. The van der Waals surface area contributed by atoms with Gasteiger partial charge in [-0.3, -0.25) is 4.79 Å². The first kappa shape index (κ1) is 18.4. The summed E-state index contributed by atoms with van der Waals surface area (Å²) < 4.78 is 26.9. The predicted octanol–water partition coefficient (Wildman–Crippen LogP) is 2.21. The van der Waals surface area contributed by atoms with Crippen molar-refractivity contribution in [2.75, 3.05) is 31.1 Å². The summed E-state index contributed by atoms with van der Waals surface area (Å²) in [5, 5.41) is 8.74. The second-order valence-corrected chi connectivity index (χ2v) is 8.20. The lowest BCUT2D eigenvalue weighted by atomic mass is 10.1. The average molecular weight is 374 g/mol. The third-order valence-corrected chi connectivity index (χ3v) is 6.46. The molecule has 0 radical (unpaired) electrons. The molecule has 138 valence electrons. The highest BCUT2D eigenvalue weighted by Gasteiger charge is 2.28. The highest BCUT2D eigenvalue weighted by atomic mass is 32.2. The number of aryl methyl sites for hydroxylation is 1. The Balaban J connectivity index is 1.61. The maximum absolute atomic E-state index is 12.7. The first-order valence-electron chi connectivity index (χ1n) is 8.58. The van der Waals surface area contributed by atoms with Gasteiger partial charge in [0.1, 0.15) is 0 Å². The molecule has 0 saturated carbocycles.